The molecule has 1 saturated carbocycles. The highest BCUT2D eigenvalue weighted by Gasteiger charge is 2.56. The van der Waals surface area contributed by atoms with Crippen molar-refractivity contribution in [2.24, 2.45) is 11.1 Å². The van der Waals surface area contributed by atoms with Gasteiger partial charge < -0.3 is 20.7 Å². The van der Waals surface area contributed by atoms with Crippen LogP contribution in [0.15, 0.2) is 30.5 Å². The van der Waals surface area contributed by atoms with E-state index in [9.17, 15) is 4.39 Å². The summed E-state index contributed by atoms with van der Waals surface area (Å²) in [5.41, 5.74) is 11.7. The van der Waals surface area contributed by atoms with Gasteiger partial charge in [-0.05, 0) is 55.2 Å². The van der Waals surface area contributed by atoms with Crippen molar-refractivity contribution >= 4 is 11.5 Å². The van der Waals surface area contributed by atoms with Gasteiger partial charge in [-0.3, -0.25) is 4.98 Å². The van der Waals surface area contributed by atoms with Crippen molar-refractivity contribution in [1.82, 2.24) is 15.0 Å². The molecule has 3 aromatic rings. The summed E-state index contributed by atoms with van der Waals surface area (Å²) in [6.45, 7) is 3.65. The van der Waals surface area contributed by atoms with Crippen LogP contribution < -0.4 is 20.7 Å². The van der Waals surface area contributed by atoms with E-state index < -0.39 is 0 Å². The molecule has 8 heteroatoms. The average Bonchev–Trinajstić information content (AvgIpc) is 3.10. The monoisotopic (exact) mass is 432 g/mol. The van der Waals surface area contributed by atoms with Crippen LogP contribution in [0.3, 0.4) is 0 Å². The zero-order valence-corrected chi connectivity index (χ0v) is 18.2. The number of ether oxygens (including phenoxy) is 1. The largest absolute Gasteiger partial charge is 0.423 e. The van der Waals surface area contributed by atoms with Crippen molar-refractivity contribution in [3.05, 3.63) is 53.2 Å². The number of benzene rings is 1. The molecule has 1 aromatic carbocycles. The molecular weight excluding hydrogens is 407 g/mol. The van der Waals surface area contributed by atoms with Gasteiger partial charge in [0.05, 0.1) is 11.9 Å². The molecule has 6 rings (SSSR count). The second-order valence-electron chi connectivity index (χ2n) is 9.14. The standard InChI is InChI=1S/C24H25FN6O/c1-13-3-4-15(11-28-13)32-23-29-19-9-16-17(7-14(25)8-18(16)27-2)21(19)22(30-23)31-6-5-24(12-31)10-20(24)26/h3-4,7-8,11,20,27H,5-6,9-10,12,26H2,1-2H3/t20-,24-/m0/s1. The maximum absolute atomic E-state index is 14.5. The number of aryl methyl sites for hydroxylation is 1. The van der Waals surface area contributed by atoms with Gasteiger partial charge in [-0.2, -0.15) is 9.97 Å². The Labute approximate surface area is 185 Å². The van der Waals surface area contributed by atoms with Gasteiger partial charge in [0.15, 0.2) is 0 Å². The second-order valence-corrected chi connectivity index (χ2v) is 9.14. The summed E-state index contributed by atoms with van der Waals surface area (Å²) in [7, 11) is 1.81. The van der Waals surface area contributed by atoms with Crippen LogP contribution in [0.25, 0.3) is 11.1 Å². The Morgan fingerprint density at radius 3 is 2.81 bits per heavy atom. The average molecular weight is 433 g/mol. The lowest BCUT2D eigenvalue weighted by Gasteiger charge is -2.22. The molecule has 1 aliphatic heterocycles. The minimum atomic E-state index is -0.278. The van der Waals surface area contributed by atoms with Crippen LogP contribution in [0.1, 0.15) is 29.8 Å². The number of halogens is 1. The van der Waals surface area contributed by atoms with Crippen molar-refractivity contribution in [3.63, 3.8) is 0 Å². The number of pyridine rings is 1. The molecule has 2 fully saturated rings. The van der Waals surface area contributed by atoms with E-state index in [2.05, 4.69) is 15.2 Å². The topological polar surface area (TPSA) is 89.2 Å². The molecule has 3 heterocycles. The number of fused-ring (bicyclic) bond motifs is 3. The molecule has 1 spiro atoms. The van der Waals surface area contributed by atoms with E-state index in [1.807, 2.05) is 26.1 Å². The van der Waals surface area contributed by atoms with Crippen LogP contribution in [0.5, 0.6) is 11.8 Å². The number of anilines is 2. The highest BCUT2D eigenvalue weighted by molar-refractivity contribution is 5.88. The first-order chi connectivity index (χ1) is 15.5. The SMILES string of the molecule is CNc1cc(F)cc2c1Cc1nc(Oc3ccc(C)nc3)nc(N3CC[C@]4(C[C@@H]4N)C3)c1-2. The molecule has 2 aromatic heterocycles. The third kappa shape index (κ3) is 3.01. The molecular formula is C24H25FN6O. The predicted molar refractivity (Wildman–Crippen MR) is 121 cm³/mol. The molecule has 2 atom stereocenters. The Hall–Kier alpha value is -3.26. The van der Waals surface area contributed by atoms with E-state index in [-0.39, 0.29) is 23.3 Å². The molecule has 0 amide bonds. The molecule has 0 radical (unpaired) electrons. The van der Waals surface area contributed by atoms with E-state index in [4.69, 9.17) is 20.4 Å². The molecule has 0 unspecified atom stereocenters. The Bertz CT molecular complexity index is 1230. The molecule has 3 aliphatic rings. The Morgan fingerprint density at radius 2 is 2.12 bits per heavy atom. The number of nitrogens with zero attached hydrogens (tertiary/aromatic N) is 4. The fourth-order valence-electron chi connectivity index (χ4n) is 5.14. The minimum absolute atomic E-state index is 0.180. The lowest BCUT2D eigenvalue weighted by Crippen LogP contribution is -2.24. The number of hydrogen-bond acceptors (Lipinski definition) is 7. The molecule has 164 valence electrons. The zero-order chi connectivity index (χ0) is 22.0. The number of aromatic nitrogens is 3. The summed E-state index contributed by atoms with van der Waals surface area (Å²) in [6.07, 6.45) is 4.35. The predicted octanol–water partition coefficient (Wildman–Crippen LogP) is 3.65. The van der Waals surface area contributed by atoms with Crippen molar-refractivity contribution in [3.8, 4) is 22.9 Å². The van der Waals surface area contributed by atoms with Crippen LogP contribution >= 0.6 is 0 Å². The Balaban J connectivity index is 1.46. The molecule has 1 saturated heterocycles. The first-order valence-electron chi connectivity index (χ1n) is 11.0. The number of hydrogen-bond donors (Lipinski definition) is 2. The smallest absolute Gasteiger partial charge is 0.324 e. The van der Waals surface area contributed by atoms with Crippen LogP contribution in [0.2, 0.25) is 0 Å². The fraction of sp³-hybridized carbons (Fsp3) is 0.375. The third-order valence-electron chi connectivity index (χ3n) is 7.07. The van der Waals surface area contributed by atoms with Crippen LogP contribution in [0.4, 0.5) is 15.9 Å². The van der Waals surface area contributed by atoms with Crippen LogP contribution in [-0.2, 0) is 6.42 Å². The highest BCUT2D eigenvalue weighted by Crippen LogP contribution is 2.54. The summed E-state index contributed by atoms with van der Waals surface area (Å²) in [5, 5.41) is 3.12. The van der Waals surface area contributed by atoms with Crippen molar-refractivity contribution in [2.75, 3.05) is 30.4 Å². The quantitative estimate of drug-likeness (QED) is 0.509. The van der Waals surface area contributed by atoms with Gasteiger partial charge in [0.2, 0.25) is 0 Å². The Kier molecular flexibility index (Phi) is 4.17. The zero-order valence-electron chi connectivity index (χ0n) is 18.2. The molecule has 7 nitrogen and oxygen atoms in total. The number of nitrogens with two attached hydrogens (primary N) is 1. The van der Waals surface area contributed by atoms with Gasteiger partial charge in [0.25, 0.3) is 0 Å². The normalized spacial score (nSPS) is 22.8. The van der Waals surface area contributed by atoms with E-state index in [1.54, 1.807) is 12.3 Å². The van der Waals surface area contributed by atoms with E-state index in [1.165, 1.54) is 6.07 Å². The Morgan fingerprint density at radius 1 is 1.28 bits per heavy atom. The number of nitrogens with one attached hydrogen (secondary N) is 1. The first-order valence-corrected chi connectivity index (χ1v) is 11.0. The van der Waals surface area contributed by atoms with Crippen LogP contribution in [0, 0.1) is 18.2 Å². The van der Waals surface area contributed by atoms with Crippen molar-refractivity contribution in [2.45, 2.75) is 32.2 Å². The summed E-state index contributed by atoms with van der Waals surface area (Å²) in [4.78, 5) is 16.1. The molecule has 3 N–H and O–H groups in total. The maximum Gasteiger partial charge on any atom is 0.324 e. The van der Waals surface area contributed by atoms with Gasteiger partial charge in [-0.15, -0.1) is 0 Å². The number of rotatable bonds is 4. The first kappa shape index (κ1) is 19.4. The molecule has 0 bridgehead atoms. The van der Waals surface area contributed by atoms with Gasteiger partial charge in [0.1, 0.15) is 17.4 Å². The third-order valence-corrected chi connectivity index (χ3v) is 7.07. The van der Waals surface area contributed by atoms with Crippen LogP contribution in [-0.4, -0.2) is 41.1 Å². The maximum atomic E-state index is 14.5. The molecule has 32 heavy (non-hydrogen) atoms. The molecule has 2 aliphatic carbocycles. The lowest BCUT2D eigenvalue weighted by molar-refractivity contribution is 0.438. The van der Waals surface area contributed by atoms with E-state index >= 15 is 0 Å². The second kappa shape index (κ2) is 6.87. The lowest BCUT2D eigenvalue weighted by atomic mass is 10.0. The van der Waals surface area contributed by atoms with E-state index in [0.717, 1.165) is 65.5 Å². The van der Waals surface area contributed by atoms with Crippen molar-refractivity contribution < 1.29 is 9.13 Å². The minimum Gasteiger partial charge on any atom is -0.423 e. The highest BCUT2D eigenvalue weighted by atomic mass is 19.1. The fourth-order valence-corrected chi connectivity index (χ4v) is 5.14. The summed E-state index contributed by atoms with van der Waals surface area (Å²) < 4.78 is 20.5. The summed E-state index contributed by atoms with van der Waals surface area (Å²) >= 11 is 0. The van der Waals surface area contributed by atoms with Gasteiger partial charge in [0, 0.05) is 55.0 Å². The van der Waals surface area contributed by atoms with Gasteiger partial charge in [-0.25, -0.2) is 4.39 Å². The van der Waals surface area contributed by atoms with E-state index in [0.29, 0.717) is 12.2 Å². The summed E-state index contributed by atoms with van der Waals surface area (Å²) in [6, 6.07) is 7.40. The van der Waals surface area contributed by atoms with Gasteiger partial charge in [-0.1, -0.05) is 0 Å². The van der Waals surface area contributed by atoms with Gasteiger partial charge >= 0.3 is 6.01 Å². The summed E-state index contributed by atoms with van der Waals surface area (Å²) in [5.74, 6) is 1.11. The van der Waals surface area contributed by atoms with Crippen molar-refractivity contribution in [1.29, 1.82) is 0 Å².